The molecule has 0 N–H and O–H groups in total. The number of nitrogens with zero attached hydrogens (tertiary/aromatic N) is 3. The van der Waals surface area contributed by atoms with Crippen LogP contribution in [0.1, 0.15) is 25.0 Å². The molecule has 0 saturated heterocycles. The maximum Gasteiger partial charge on any atom is 0.0789 e. The van der Waals surface area contributed by atoms with Gasteiger partial charge in [0.15, 0.2) is 0 Å². The van der Waals surface area contributed by atoms with Gasteiger partial charge in [0.1, 0.15) is 0 Å². The molecule has 9 aromatic carbocycles. The second-order valence-electron chi connectivity index (χ2n) is 17.3. The lowest BCUT2D eigenvalue weighted by Crippen LogP contribution is -2.14. The Morgan fingerprint density at radius 2 is 1.02 bits per heavy atom. The predicted octanol–water partition coefficient (Wildman–Crippen LogP) is 16.1. The van der Waals surface area contributed by atoms with Gasteiger partial charge in [0.2, 0.25) is 0 Å². The van der Waals surface area contributed by atoms with Crippen molar-refractivity contribution >= 4 is 103 Å². The standard InChI is InChI=1S/C57H37N3S/c1-57(2)45-16-7-3-12-38(45)39-28-24-35(32-46(39)57)34-22-25-36(26-23-34)58(50-19-11-21-53-54(50)44-15-6-10-20-52(44)61-53)37-27-31-49-51(33-37)60-48-18-9-5-14-41(48)43-30-29-42-40-13-4-8-17-47(40)59(49)55(42)56(43)60/h3-33H,1-2H3. The van der Waals surface area contributed by atoms with Gasteiger partial charge in [-0.15, -0.1) is 11.3 Å². The molecule has 0 aliphatic heterocycles. The first-order valence-corrected chi connectivity index (χ1v) is 22.0. The van der Waals surface area contributed by atoms with E-state index in [2.05, 4.69) is 216 Å². The van der Waals surface area contributed by atoms with Crippen LogP contribution in [0.25, 0.3) is 97.1 Å². The zero-order valence-electron chi connectivity index (χ0n) is 33.6. The Morgan fingerprint density at radius 1 is 0.410 bits per heavy atom. The smallest absolute Gasteiger partial charge is 0.0789 e. The summed E-state index contributed by atoms with van der Waals surface area (Å²) >= 11 is 1.87. The average molecular weight is 796 g/mol. The van der Waals surface area contributed by atoms with E-state index in [1.165, 1.54) is 114 Å². The van der Waals surface area contributed by atoms with E-state index in [-0.39, 0.29) is 5.41 Å². The minimum absolute atomic E-state index is 0.0526. The molecule has 0 radical (unpaired) electrons. The summed E-state index contributed by atoms with van der Waals surface area (Å²) in [7, 11) is 0. The summed E-state index contributed by atoms with van der Waals surface area (Å²) in [5.41, 5.74) is 18.7. The highest BCUT2D eigenvalue weighted by Crippen LogP contribution is 2.51. The second-order valence-corrected chi connectivity index (χ2v) is 18.4. The molecule has 3 nitrogen and oxygen atoms in total. The summed E-state index contributed by atoms with van der Waals surface area (Å²) in [5, 5.41) is 7.69. The first-order valence-electron chi connectivity index (χ1n) is 21.2. The zero-order valence-corrected chi connectivity index (χ0v) is 34.5. The molecule has 61 heavy (non-hydrogen) atoms. The molecule has 0 spiro atoms. The Hall–Kier alpha value is -7.40. The first kappa shape index (κ1) is 33.4. The number of fused-ring (bicyclic) bond motifs is 15. The molecular weight excluding hydrogens is 759 g/mol. The third kappa shape index (κ3) is 4.37. The summed E-state index contributed by atoms with van der Waals surface area (Å²) in [6, 6.07) is 70.4. The number of para-hydroxylation sites is 2. The molecule has 4 heterocycles. The topological polar surface area (TPSA) is 12.1 Å². The molecular formula is C57H37N3S. The lowest BCUT2D eigenvalue weighted by atomic mass is 9.81. The number of hydrogen-bond donors (Lipinski definition) is 0. The van der Waals surface area contributed by atoms with E-state index in [0.29, 0.717) is 0 Å². The maximum atomic E-state index is 2.53. The normalized spacial score (nSPS) is 13.5. The minimum Gasteiger partial charge on any atom is -0.310 e. The van der Waals surface area contributed by atoms with E-state index >= 15 is 0 Å². The van der Waals surface area contributed by atoms with E-state index in [1.54, 1.807) is 0 Å². The summed E-state index contributed by atoms with van der Waals surface area (Å²) < 4.78 is 7.62. The first-order chi connectivity index (χ1) is 30.0. The quantitative estimate of drug-likeness (QED) is 0.162. The van der Waals surface area contributed by atoms with Crippen molar-refractivity contribution in [1.82, 2.24) is 8.80 Å². The van der Waals surface area contributed by atoms with Crippen molar-refractivity contribution < 1.29 is 0 Å². The average Bonchev–Trinajstić information content (AvgIpc) is 4.02. The summed E-state index contributed by atoms with van der Waals surface area (Å²) in [5.74, 6) is 0. The van der Waals surface area contributed by atoms with Crippen LogP contribution in [0.3, 0.4) is 0 Å². The van der Waals surface area contributed by atoms with Gasteiger partial charge in [-0.1, -0.05) is 135 Å². The highest BCUT2D eigenvalue weighted by molar-refractivity contribution is 7.26. The number of hydrogen-bond acceptors (Lipinski definition) is 2. The molecule has 286 valence electrons. The van der Waals surface area contributed by atoms with Crippen molar-refractivity contribution in [3.05, 3.63) is 199 Å². The Morgan fingerprint density at radius 3 is 1.79 bits per heavy atom. The largest absolute Gasteiger partial charge is 0.310 e. The predicted molar refractivity (Wildman–Crippen MR) is 260 cm³/mol. The van der Waals surface area contributed by atoms with Gasteiger partial charge in [-0.2, -0.15) is 0 Å². The van der Waals surface area contributed by atoms with E-state index in [4.69, 9.17) is 0 Å². The van der Waals surface area contributed by atoms with Crippen LogP contribution < -0.4 is 4.90 Å². The highest BCUT2D eigenvalue weighted by Gasteiger charge is 2.35. The lowest BCUT2D eigenvalue weighted by Gasteiger charge is -2.27. The van der Waals surface area contributed by atoms with Crippen molar-refractivity contribution in [2.24, 2.45) is 0 Å². The van der Waals surface area contributed by atoms with Crippen LogP contribution in [-0.4, -0.2) is 8.80 Å². The van der Waals surface area contributed by atoms with Gasteiger partial charge in [-0.05, 0) is 100 Å². The van der Waals surface area contributed by atoms with Gasteiger partial charge in [-0.3, -0.25) is 0 Å². The fraction of sp³-hybridized carbons (Fsp3) is 0.0526. The fourth-order valence-electron chi connectivity index (χ4n) is 11.1. The van der Waals surface area contributed by atoms with Crippen LogP contribution in [0, 0.1) is 0 Å². The van der Waals surface area contributed by atoms with Crippen molar-refractivity contribution in [3.8, 4) is 22.3 Å². The molecule has 0 amide bonds. The number of thiophene rings is 1. The van der Waals surface area contributed by atoms with Gasteiger partial charge in [-0.25, -0.2) is 0 Å². The van der Waals surface area contributed by atoms with Crippen LogP contribution in [0.4, 0.5) is 17.1 Å². The summed E-state index contributed by atoms with van der Waals surface area (Å²) in [6.07, 6.45) is 0. The molecule has 4 heteroatoms. The van der Waals surface area contributed by atoms with E-state index in [9.17, 15) is 0 Å². The number of aromatic nitrogens is 2. The Labute approximate surface area is 355 Å². The summed E-state index contributed by atoms with van der Waals surface area (Å²) in [4.78, 5) is 2.49. The number of rotatable bonds is 4. The van der Waals surface area contributed by atoms with Crippen LogP contribution >= 0.6 is 11.3 Å². The van der Waals surface area contributed by atoms with Crippen molar-refractivity contribution in [2.75, 3.05) is 4.90 Å². The summed E-state index contributed by atoms with van der Waals surface area (Å²) in [6.45, 7) is 4.72. The van der Waals surface area contributed by atoms with Crippen molar-refractivity contribution in [1.29, 1.82) is 0 Å². The fourth-order valence-corrected chi connectivity index (χ4v) is 12.2. The molecule has 13 aromatic rings. The number of benzene rings is 9. The van der Waals surface area contributed by atoms with Crippen LogP contribution in [0.5, 0.6) is 0 Å². The third-order valence-corrected chi connectivity index (χ3v) is 15.0. The Balaban J connectivity index is 1.02. The van der Waals surface area contributed by atoms with Gasteiger partial charge in [0.05, 0.1) is 38.8 Å². The van der Waals surface area contributed by atoms with Crippen molar-refractivity contribution in [3.63, 3.8) is 0 Å². The van der Waals surface area contributed by atoms with Crippen molar-refractivity contribution in [2.45, 2.75) is 19.3 Å². The SMILES string of the molecule is CC1(C)c2ccccc2-c2ccc(-c3ccc(N(c4ccc5c(c4)n4c6ccccc6c6ccc7c8ccccc8n5c7c64)c4cccc5sc6ccccc6c45)cc3)cc21. The minimum atomic E-state index is -0.0526. The monoisotopic (exact) mass is 795 g/mol. The molecule has 1 aliphatic rings. The third-order valence-electron chi connectivity index (χ3n) is 13.8. The molecule has 0 atom stereocenters. The molecule has 0 fully saturated rings. The molecule has 4 aromatic heterocycles. The molecule has 0 saturated carbocycles. The zero-order chi connectivity index (χ0) is 40.1. The molecule has 14 rings (SSSR count). The van der Waals surface area contributed by atoms with E-state index < -0.39 is 0 Å². The Kier molecular flexibility index (Phi) is 6.51. The molecule has 0 unspecified atom stereocenters. The van der Waals surface area contributed by atoms with Gasteiger partial charge in [0, 0.05) is 58.5 Å². The van der Waals surface area contributed by atoms with E-state index in [1.807, 2.05) is 11.3 Å². The van der Waals surface area contributed by atoms with Crippen LogP contribution in [-0.2, 0) is 5.41 Å². The van der Waals surface area contributed by atoms with Gasteiger partial charge < -0.3 is 13.7 Å². The Bertz CT molecular complexity index is 3970. The number of anilines is 3. The van der Waals surface area contributed by atoms with E-state index in [0.717, 1.165) is 11.4 Å². The highest BCUT2D eigenvalue weighted by atomic mass is 32.1. The molecule has 0 bridgehead atoms. The lowest BCUT2D eigenvalue weighted by molar-refractivity contribution is 0.660. The second kappa shape index (κ2) is 11.9. The molecule has 1 aliphatic carbocycles. The van der Waals surface area contributed by atoms with Crippen LogP contribution in [0.2, 0.25) is 0 Å². The van der Waals surface area contributed by atoms with Gasteiger partial charge >= 0.3 is 0 Å². The maximum absolute atomic E-state index is 2.53. The van der Waals surface area contributed by atoms with Gasteiger partial charge in [0.25, 0.3) is 0 Å². The van der Waals surface area contributed by atoms with Crippen LogP contribution in [0.15, 0.2) is 188 Å².